The largest absolute Gasteiger partial charge is 0.508 e. The van der Waals surface area contributed by atoms with E-state index in [0.29, 0.717) is 17.7 Å². The predicted octanol–water partition coefficient (Wildman–Crippen LogP) is 2.04. The number of hydrogen-bond acceptors (Lipinski definition) is 4. The molecule has 1 aromatic heterocycles. The van der Waals surface area contributed by atoms with Gasteiger partial charge in [0, 0.05) is 16.0 Å². The second-order valence-electron chi connectivity index (χ2n) is 4.40. The molecule has 0 aliphatic heterocycles. The number of rotatable bonds is 3. The number of nitrogens with one attached hydrogen (secondary N) is 1. The number of aromatic hydroxyl groups is 1. The number of thiophene rings is 1. The number of aryl methyl sites for hydroxylation is 1. The molecule has 21 heavy (non-hydrogen) atoms. The average Bonchev–Trinajstić information content (AvgIpc) is 2.92. The van der Waals surface area contributed by atoms with E-state index < -0.39 is 0 Å². The van der Waals surface area contributed by atoms with E-state index in [4.69, 9.17) is 5.11 Å². The summed E-state index contributed by atoms with van der Waals surface area (Å²) in [5.41, 5.74) is 1.98. The molecule has 2 rings (SSSR count). The maximum Gasteiger partial charge on any atom is 0.251 e. The van der Waals surface area contributed by atoms with Gasteiger partial charge in [-0.2, -0.15) is 0 Å². The highest BCUT2D eigenvalue weighted by molar-refractivity contribution is 7.10. The van der Waals surface area contributed by atoms with Crippen molar-refractivity contribution in [2.75, 3.05) is 6.61 Å². The molecule has 0 bridgehead atoms. The Morgan fingerprint density at radius 1 is 1.38 bits per heavy atom. The minimum atomic E-state index is -0.201. The lowest BCUT2D eigenvalue weighted by atomic mass is 10.1. The number of phenolic OH excluding ortho intramolecular Hbond substituents is 1. The van der Waals surface area contributed by atoms with Crippen LogP contribution in [0.3, 0.4) is 0 Å². The van der Waals surface area contributed by atoms with Gasteiger partial charge in [-0.05, 0) is 42.1 Å². The van der Waals surface area contributed by atoms with Crippen molar-refractivity contribution in [2.45, 2.75) is 13.5 Å². The van der Waals surface area contributed by atoms with Crippen molar-refractivity contribution >= 4 is 17.2 Å². The van der Waals surface area contributed by atoms with Crippen LogP contribution in [-0.2, 0) is 6.54 Å². The summed E-state index contributed by atoms with van der Waals surface area (Å²) in [6.45, 7) is 1.94. The third kappa shape index (κ3) is 3.85. The molecule has 0 aliphatic carbocycles. The van der Waals surface area contributed by atoms with Crippen LogP contribution in [0.1, 0.15) is 26.4 Å². The van der Waals surface area contributed by atoms with E-state index in [1.54, 1.807) is 19.1 Å². The summed E-state index contributed by atoms with van der Waals surface area (Å²) >= 11 is 1.50. The molecule has 0 spiro atoms. The van der Waals surface area contributed by atoms with Crippen molar-refractivity contribution in [3.05, 3.63) is 51.2 Å². The Labute approximate surface area is 127 Å². The van der Waals surface area contributed by atoms with Crippen molar-refractivity contribution in [3.8, 4) is 17.6 Å². The van der Waals surface area contributed by atoms with Gasteiger partial charge in [0.25, 0.3) is 5.91 Å². The standard InChI is InChI=1S/C16H15NO3S/c1-11-9-13(4-5-14(11)19)16(20)17-10-15-12(3-2-7-18)6-8-21-15/h4-6,8-9,18-19H,7,10H2,1H3,(H,17,20). The number of benzene rings is 1. The molecule has 5 heteroatoms. The lowest BCUT2D eigenvalue weighted by molar-refractivity contribution is 0.0951. The molecule has 1 aromatic carbocycles. The average molecular weight is 301 g/mol. The van der Waals surface area contributed by atoms with Gasteiger partial charge < -0.3 is 15.5 Å². The van der Waals surface area contributed by atoms with Crippen molar-refractivity contribution in [2.24, 2.45) is 0 Å². The van der Waals surface area contributed by atoms with E-state index in [-0.39, 0.29) is 18.3 Å². The second-order valence-corrected chi connectivity index (χ2v) is 5.40. The number of amides is 1. The first-order chi connectivity index (χ1) is 10.1. The number of aliphatic hydroxyl groups excluding tert-OH is 1. The molecule has 1 heterocycles. The Hall–Kier alpha value is -2.29. The number of hydrogen-bond donors (Lipinski definition) is 3. The van der Waals surface area contributed by atoms with Crippen LogP contribution in [0.15, 0.2) is 29.6 Å². The fourth-order valence-electron chi connectivity index (χ4n) is 1.78. The summed E-state index contributed by atoms with van der Waals surface area (Å²) in [6.07, 6.45) is 0. The molecule has 108 valence electrons. The van der Waals surface area contributed by atoms with Crippen molar-refractivity contribution in [1.82, 2.24) is 5.32 Å². The van der Waals surface area contributed by atoms with E-state index in [1.165, 1.54) is 17.4 Å². The van der Waals surface area contributed by atoms with Crippen LogP contribution in [-0.4, -0.2) is 22.7 Å². The zero-order valence-corrected chi connectivity index (χ0v) is 12.3. The van der Waals surface area contributed by atoms with E-state index >= 15 is 0 Å². The smallest absolute Gasteiger partial charge is 0.251 e. The Morgan fingerprint density at radius 3 is 2.90 bits per heavy atom. The van der Waals surface area contributed by atoms with Gasteiger partial charge in [-0.15, -0.1) is 11.3 Å². The predicted molar refractivity (Wildman–Crippen MR) is 82.3 cm³/mol. The highest BCUT2D eigenvalue weighted by Crippen LogP contribution is 2.18. The molecule has 2 aromatic rings. The molecule has 0 fully saturated rings. The summed E-state index contributed by atoms with van der Waals surface area (Å²) < 4.78 is 0. The first kappa shape index (κ1) is 15.1. The lowest BCUT2D eigenvalue weighted by Gasteiger charge is -2.06. The van der Waals surface area contributed by atoms with Gasteiger partial charge in [-0.3, -0.25) is 4.79 Å². The zero-order valence-electron chi connectivity index (χ0n) is 11.5. The Morgan fingerprint density at radius 2 is 2.19 bits per heavy atom. The Kier molecular flexibility index (Phi) is 4.99. The van der Waals surface area contributed by atoms with Gasteiger partial charge in [-0.25, -0.2) is 0 Å². The van der Waals surface area contributed by atoms with E-state index in [9.17, 15) is 9.90 Å². The van der Waals surface area contributed by atoms with Crippen LogP contribution in [0.4, 0.5) is 0 Å². The quantitative estimate of drug-likeness (QED) is 0.760. The Balaban J connectivity index is 2.04. The number of aliphatic hydroxyl groups is 1. The zero-order chi connectivity index (χ0) is 15.2. The van der Waals surface area contributed by atoms with Gasteiger partial charge in [0.2, 0.25) is 0 Å². The molecule has 4 nitrogen and oxygen atoms in total. The van der Waals surface area contributed by atoms with Crippen molar-refractivity contribution in [3.63, 3.8) is 0 Å². The topological polar surface area (TPSA) is 69.6 Å². The number of phenols is 1. The normalized spacial score (nSPS) is 9.81. The number of carbonyl (C=O) groups excluding carboxylic acids is 1. The van der Waals surface area contributed by atoms with Gasteiger partial charge in [0.05, 0.1) is 6.54 Å². The molecule has 1 amide bonds. The SMILES string of the molecule is Cc1cc(C(=O)NCc2sccc2C#CCO)ccc1O. The fraction of sp³-hybridized carbons (Fsp3) is 0.188. The van der Waals surface area contributed by atoms with Crippen LogP contribution >= 0.6 is 11.3 Å². The monoisotopic (exact) mass is 301 g/mol. The molecule has 0 aliphatic rings. The van der Waals surface area contributed by atoms with Gasteiger partial charge >= 0.3 is 0 Å². The minimum Gasteiger partial charge on any atom is -0.508 e. The minimum absolute atomic E-state index is 0.173. The maximum atomic E-state index is 12.1. The first-order valence-corrected chi connectivity index (χ1v) is 7.23. The molecule has 0 radical (unpaired) electrons. The number of carbonyl (C=O) groups is 1. The summed E-state index contributed by atoms with van der Waals surface area (Å²) in [4.78, 5) is 13.0. The third-order valence-corrected chi connectivity index (χ3v) is 3.84. The van der Waals surface area contributed by atoms with Gasteiger partial charge in [0.1, 0.15) is 12.4 Å². The molecule has 0 saturated carbocycles. The molecule has 0 atom stereocenters. The van der Waals surface area contributed by atoms with Gasteiger partial charge in [0.15, 0.2) is 0 Å². The van der Waals surface area contributed by atoms with Crippen LogP contribution in [0.25, 0.3) is 0 Å². The van der Waals surface area contributed by atoms with Crippen LogP contribution in [0.5, 0.6) is 5.75 Å². The van der Waals surface area contributed by atoms with Crippen molar-refractivity contribution < 1.29 is 15.0 Å². The van der Waals surface area contributed by atoms with Crippen LogP contribution < -0.4 is 5.32 Å². The van der Waals surface area contributed by atoms with Crippen molar-refractivity contribution in [1.29, 1.82) is 0 Å². The molecule has 0 saturated heterocycles. The molecule has 3 N–H and O–H groups in total. The Bertz CT molecular complexity index is 710. The van der Waals surface area contributed by atoms with E-state index in [1.807, 2.05) is 11.4 Å². The van der Waals surface area contributed by atoms with Crippen LogP contribution in [0, 0.1) is 18.8 Å². The summed E-state index contributed by atoms with van der Waals surface area (Å²) in [6, 6.07) is 6.59. The fourth-order valence-corrected chi connectivity index (χ4v) is 2.55. The summed E-state index contributed by atoms with van der Waals surface area (Å²) in [7, 11) is 0. The maximum absolute atomic E-state index is 12.1. The summed E-state index contributed by atoms with van der Waals surface area (Å²) in [5, 5.41) is 22.9. The van der Waals surface area contributed by atoms with Gasteiger partial charge in [-0.1, -0.05) is 11.8 Å². The third-order valence-electron chi connectivity index (χ3n) is 2.92. The van der Waals surface area contributed by atoms with E-state index in [0.717, 1.165) is 10.4 Å². The second kappa shape index (κ2) is 6.93. The molecular formula is C16H15NO3S. The highest BCUT2D eigenvalue weighted by atomic mass is 32.1. The highest BCUT2D eigenvalue weighted by Gasteiger charge is 2.09. The lowest BCUT2D eigenvalue weighted by Crippen LogP contribution is -2.22. The molecule has 0 unspecified atom stereocenters. The molecular weight excluding hydrogens is 286 g/mol. The van der Waals surface area contributed by atoms with E-state index in [2.05, 4.69) is 17.2 Å². The summed E-state index contributed by atoms with van der Waals surface area (Å²) in [5.74, 6) is 5.42. The first-order valence-electron chi connectivity index (χ1n) is 6.35. The van der Waals surface area contributed by atoms with Crippen LogP contribution in [0.2, 0.25) is 0 Å².